The zero-order valence-electron chi connectivity index (χ0n) is 16.1. The first-order valence-electron chi connectivity index (χ1n) is 8.66. The van der Waals surface area contributed by atoms with E-state index in [1.54, 1.807) is 0 Å². The maximum atomic E-state index is 2.38. The molecule has 0 aliphatic carbocycles. The van der Waals surface area contributed by atoms with Gasteiger partial charge in [0.25, 0.3) is 0 Å². The molecule has 2 aromatic carbocycles. The van der Waals surface area contributed by atoms with Crippen molar-refractivity contribution in [3.63, 3.8) is 0 Å². The third-order valence-electron chi connectivity index (χ3n) is 3.57. The number of hydrogen-bond acceptors (Lipinski definition) is 0. The maximum absolute atomic E-state index is 2.38. The highest BCUT2D eigenvalue weighted by Gasteiger charge is 2.36. The van der Waals surface area contributed by atoms with Crippen molar-refractivity contribution in [3.8, 4) is 11.1 Å². The van der Waals surface area contributed by atoms with E-state index in [2.05, 4.69) is 96.1 Å². The predicted molar refractivity (Wildman–Crippen MR) is 109 cm³/mol. The molecule has 0 saturated carbocycles. The van der Waals surface area contributed by atoms with Crippen LogP contribution in [0.4, 0.5) is 0 Å². The van der Waals surface area contributed by atoms with Crippen LogP contribution in [0.2, 0.25) is 0 Å². The Hall–Kier alpha value is -1.13. The molecule has 0 aliphatic rings. The molecule has 0 fully saturated rings. The van der Waals surface area contributed by atoms with Crippen molar-refractivity contribution in [3.05, 3.63) is 54.6 Å². The molecule has 0 atom stereocenters. The summed E-state index contributed by atoms with van der Waals surface area (Å²) in [6.07, 6.45) is 0. The van der Waals surface area contributed by atoms with Crippen LogP contribution in [0.15, 0.2) is 54.6 Å². The van der Waals surface area contributed by atoms with Gasteiger partial charge < -0.3 is 0 Å². The van der Waals surface area contributed by atoms with Crippen LogP contribution >= 0.6 is 7.92 Å². The molecule has 0 aliphatic heterocycles. The minimum atomic E-state index is -0.282. The topological polar surface area (TPSA) is 0 Å². The summed E-state index contributed by atoms with van der Waals surface area (Å²) in [4.78, 5) is 0. The standard InChI is InChI=1S/C20H27P.C2H6/c1-19(2,3)21(20(4,5)6)18-15-11-10-14-17(18)16-12-8-7-9-13-16;1-2/h7-15H,1-6H3;1-2H3. The van der Waals surface area contributed by atoms with Crippen molar-refractivity contribution in [2.24, 2.45) is 0 Å². The van der Waals surface area contributed by atoms with Crippen LogP contribution in [0.25, 0.3) is 11.1 Å². The van der Waals surface area contributed by atoms with Crippen LogP contribution in [0.3, 0.4) is 0 Å². The third kappa shape index (κ3) is 5.18. The highest BCUT2D eigenvalue weighted by atomic mass is 31.1. The van der Waals surface area contributed by atoms with E-state index in [9.17, 15) is 0 Å². The van der Waals surface area contributed by atoms with Gasteiger partial charge in [-0.25, -0.2) is 0 Å². The Labute approximate surface area is 145 Å². The molecule has 126 valence electrons. The van der Waals surface area contributed by atoms with Crippen LogP contribution in [0, 0.1) is 0 Å². The minimum absolute atomic E-state index is 0.282. The smallest absolute Gasteiger partial charge is 0.0107 e. The van der Waals surface area contributed by atoms with E-state index in [1.165, 1.54) is 16.4 Å². The quantitative estimate of drug-likeness (QED) is 0.516. The maximum Gasteiger partial charge on any atom is -0.0107 e. The largest absolute Gasteiger partial charge is 0.0683 e. The van der Waals surface area contributed by atoms with Crippen molar-refractivity contribution in [1.29, 1.82) is 0 Å². The van der Waals surface area contributed by atoms with Gasteiger partial charge in [0.1, 0.15) is 0 Å². The first-order chi connectivity index (χ1) is 10.7. The summed E-state index contributed by atoms with van der Waals surface area (Å²) in [7, 11) is -0.282. The lowest BCUT2D eigenvalue weighted by molar-refractivity contribution is 0.715. The molecule has 0 unspecified atom stereocenters. The Morgan fingerprint density at radius 3 is 1.52 bits per heavy atom. The lowest BCUT2D eigenvalue weighted by Crippen LogP contribution is -2.31. The number of benzene rings is 2. The van der Waals surface area contributed by atoms with Crippen LogP contribution in [0.5, 0.6) is 0 Å². The molecule has 0 amide bonds. The number of hydrogen-bond donors (Lipinski definition) is 0. The second-order valence-corrected chi connectivity index (χ2v) is 11.4. The fourth-order valence-electron chi connectivity index (χ4n) is 3.26. The van der Waals surface area contributed by atoms with E-state index in [1.807, 2.05) is 13.8 Å². The van der Waals surface area contributed by atoms with Crippen molar-refractivity contribution in [1.82, 2.24) is 0 Å². The molecule has 0 radical (unpaired) electrons. The lowest BCUT2D eigenvalue weighted by Gasteiger charge is -2.42. The second-order valence-electron chi connectivity index (χ2n) is 7.56. The molecule has 0 aromatic heterocycles. The van der Waals surface area contributed by atoms with Crippen molar-refractivity contribution < 1.29 is 0 Å². The minimum Gasteiger partial charge on any atom is -0.0683 e. The first kappa shape index (κ1) is 19.9. The second kappa shape index (κ2) is 8.11. The lowest BCUT2D eigenvalue weighted by atomic mass is 10.1. The summed E-state index contributed by atoms with van der Waals surface area (Å²) in [6.45, 7) is 18.3. The molecule has 0 saturated heterocycles. The van der Waals surface area contributed by atoms with Gasteiger partial charge >= 0.3 is 0 Å². The predicted octanol–water partition coefficient (Wildman–Crippen LogP) is 7.08. The van der Waals surface area contributed by atoms with Crippen molar-refractivity contribution >= 4 is 13.2 Å². The van der Waals surface area contributed by atoms with E-state index in [-0.39, 0.29) is 7.92 Å². The van der Waals surface area contributed by atoms with Crippen LogP contribution < -0.4 is 5.30 Å². The molecule has 0 heterocycles. The van der Waals surface area contributed by atoms with Gasteiger partial charge in [-0.2, -0.15) is 0 Å². The van der Waals surface area contributed by atoms with Gasteiger partial charge in [-0.15, -0.1) is 0 Å². The van der Waals surface area contributed by atoms with Crippen LogP contribution in [0.1, 0.15) is 55.4 Å². The van der Waals surface area contributed by atoms with Crippen molar-refractivity contribution in [2.45, 2.75) is 65.7 Å². The molecular weight excluding hydrogens is 295 g/mol. The monoisotopic (exact) mass is 328 g/mol. The molecule has 0 bridgehead atoms. The van der Waals surface area contributed by atoms with Crippen molar-refractivity contribution in [2.75, 3.05) is 0 Å². The highest BCUT2D eigenvalue weighted by molar-refractivity contribution is 7.68. The molecule has 23 heavy (non-hydrogen) atoms. The third-order valence-corrected chi connectivity index (χ3v) is 7.13. The van der Waals surface area contributed by atoms with Gasteiger partial charge in [0.15, 0.2) is 0 Å². The average molecular weight is 328 g/mol. The molecule has 0 N–H and O–H groups in total. The van der Waals surface area contributed by atoms with Gasteiger partial charge in [0.05, 0.1) is 0 Å². The van der Waals surface area contributed by atoms with E-state index >= 15 is 0 Å². The van der Waals surface area contributed by atoms with Gasteiger partial charge in [0.2, 0.25) is 0 Å². The fraction of sp³-hybridized carbons (Fsp3) is 0.455. The summed E-state index contributed by atoms with van der Waals surface area (Å²) in [5, 5.41) is 2.11. The summed E-state index contributed by atoms with van der Waals surface area (Å²) in [6, 6.07) is 19.7. The Morgan fingerprint density at radius 2 is 1.04 bits per heavy atom. The summed E-state index contributed by atoms with van der Waals surface area (Å²) >= 11 is 0. The fourth-order valence-corrected chi connectivity index (χ4v) is 7.40. The highest BCUT2D eigenvalue weighted by Crippen LogP contribution is 2.59. The van der Waals surface area contributed by atoms with Gasteiger partial charge in [0, 0.05) is 0 Å². The van der Waals surface area contributed by atoms with Gasteiger partial charge in [-0.05, 0) is 26.7 Å². The molecule has 2 rings (SSSR count). The number of rotatable bonds is 2. The van der Waals surface area contributed by atoms with Crippen LogP contribution in [-0.4, -0.2) is 10.3 Å². The molecule has 0 nitrogen and oxygen atoms in total. The summed E-state index contributed by atoms with van der Waals surface area (Å²) in [5.41, 5.74) is 2.73. The first-order valence-corrected chi connectivity index (χ1v) is 10.0. The van der Waals surface area contributed by atoms with Gasteiger partial charge in [-0.3, -0.25) is 0 Å². The molecular formula is C22H33P. The van der Waals surface area contributed by atoms with E-state index in [0.29, 0.717) is 10.3 Å². The SMILES string of the molecule is CC.CC(C)(C)P(c1ccccc1-c1ccccc1)C(C)(C)C. The van der Waals surface area contributed by atoms with Crippen LogP contribution in [-0.2, 0) is 0 Å². The van der Waals surface area contributed by atoms with Gasteiger partial charge in [-0.1, -0.05) is 118 Å². The Bertz CT molecular complexity index is 571. The normalized spacial score (nSPS) is 11.9. The zero-order chi connectivity index (χ0) is 17.7. The zero-order valence-corrected chi connectivity index (χ0v) is 17.0. The molecule has 0 spiro atoms. The Balaban J connectivity index is 0.00000127. The van der Waals surface area contributed by atoms with E-state index < -0.39 is 0 Å². The van der Waals surface area contributed by atoms with E-state index in [0.717, 1.165) is 0 Å². The summed E-state index contributed by atoms with van der Waals surface area (Å²) in [5.74, 6) is 0. The molecule has 1 heteroatoms. The molecule has 2 aromatic rings. The average Bonchev–Trinajstić information content (AvgIpc) is 2.48. The Kier molecular flexibility index (Phi) is 7.02. The Morgan fingerprint density at radius 1 is 0.609 bits per heavy atom. The van der Waals surface area contributed by atoms with E-state index in [4.69, 9.17) is 0 Å². The summed E-state index contributed by atoms with van der Waals surface area (Å²) < 4.78 is 0.